The number of fused-ring (bicyclic) bond motifs is 1. The monoisotopic (exact) mass is 812 g/mol. The molecule has 316 valence electrons. The highest BCUT2D eigenvalue weighted by Gasteiger charge is 2.56. The van der Waals surface area contributed by atoms with Crippen LogP contribution < -0.4 is 37.0 Å². The maximum absolute atomic E-state index is 13.5. The van der Waals surface area contributed by atoms with E-state index in [1.165, 1.54) is 0 Å². The molecule has 0 aromatic carbocycles. The number of primary amides is 1. The van der Waals surface area contributed by atoms with E-state index in [2.05, 4.69) is 52.9 Å². The molecule has 9 unspecified atom stereocenters. The van der Waals surface area contributed by atoms with Gasteiger partial charge in [-0.3, -0.25) is 54.3 Å². The number of nitrogens with zero attached hydrogens (tertiary/aromatic N) is 3. The number of piperazine rings is 1. The molecule has 11 atom stereocenters. The summed E-state index contributed by atoms with van der Waals surface area (Å²) in [6, 6.07) is 0.294. The molecular formula is C40H64N10O6S. The molecule has 8 fully saturated rings. The summed E-state index contributed by atoms with van der Waals surface area (Å²) >= 11 is 1.66. The molecule has 8 N–H and O–H groups in total. The Labute approximate surface area is 340 Å². The molecule has 0 bridgehead atoms. The summed E-state index contributed by atoms with van der Waals surface area (Å²) < 4.78 is 3.38. The number of imide groups is 1. The van der Waals surface area contributed by atoms with Crippen molar-refractivity contribution in [3.63, 3.8) is 0 Å². The first-order valence-electron chi connectivity index (χ1n) is 21.9. The minimum Gasteiger partial charge on any atom is -0.368 e. The largest absolute Gasteiger partial charge is 0.368 e. The van der Waals surface area contributed by atoms with Crippen LogP contribution in [0.25, 0.3) is 0 Å². The zero-order chi connectivity index (χ0) is 39.8. The second-order valence-electron chi connectivity index (χ2n) is 18.4. The average molecular weight is 813 g/mol. The third-order valence-electron chi connectivity index (χ3n) is 14.6. The molecule has 6 aliphatic heterocycles. The van der Waals surface area contributed by atoms with Crippen molar-refractivity contribution in [1.29, 1.82) is 0 Å². The van der Waals surface area contributed by atoms with Crippen LogP contribution >= 0.6 is 11.9 Å². The van der Waals surface area contributed by atoms with Gasteiger partial charge in [-0.15, -0.1) is 0 Å². The smallest absolute Gasteiger partial charge is 0.237 e. The van der Waals surface area contributed by atoms with Gasteiger partial charge < -0.3 is 26.2 Å². The van der Waals surface area contributed by atoms with Gasteiger partial charge in [0.25, 0.3) is 0 Å². The van der Waals surface area contributed by atoms with Crippen molar-refractivity contribution in [2.45, 2.75) is 126 Å². The lowest BCUT2D eigenvalue weighted by atomic mass is 9.77. The second-order valence-corrected chi connectivity index (χ2v) is 19.4. The van der Waals surface area contributed by atoms with E-state index in [1.807, 2.05) is 0 Å². The van der Waals surface area contributed by atoms with Crippen LogP contribution in [0.3, 0.4) is 0 Å². The summed E-state index contributed by atoms with van der Waals surface area (Å²) in [6.07, 6.45) is 9.42. The quantitative estimate of drug-likeness (QED) is 0.0823. The van der Waals surface area contributed by atoms with E-state index in [-0.39, 0.29) is 89.7 Å². The molecule has 16 nitrogen and oxygen atoms in total. The number of nitrogens with one attached hydrogen (secondary N) is 6. The molecule has 0 aromatic heterocycles. The molecule has 8 rings (SSSR count). The van der Waals surface area contributed by atoms with E-state index in [4.69, 9.17) is 5.73 Å². The summed E-state index contributed by atoms with van der Waals surface area (Å²) in [5.74, 6) is -2.65. The average Bonchev–Trinajstić information content (AvgIpc) is 3.73. The number of Topliss-reactive ketones (excluding diaryl/α,β-unsaturated/α-hetero) is 2. The second kappa shape index (κ2) is 18.0. The Balaban J connectivity index is 0.742. The van der Waals surface area contributed by atoms with Crippen LogP contribution in [0.5, 0.6) is 0 Å². The molecule has 2 aliphatic carbocycles. The number of likely N-dealkylation sites (tertiary alicyclic amines) is 3. The normalized spacial score (nSPS) is 39.6. The Hall–Kier alpha value is -2.51. The van der Waals surface area contributed by atoms with Crippen molar-refractivity contribution < 1.29 is 28.8 Å². The zero-order valence-corrected chi connectivity index (χ0v) is 34.2. The van der Waals surface area contributed by atoms with Gasteiger partial charge in [-0.1, -0.05) is 11.9 Å². The third kappa shape index (κ3) is 9.30. The minimum absolute atomic E-state index is 0.0292. The number of piperidine rings is 4. The zero-order valence-electron chi connectivity index (χ0n) is 33.4. The molecule has 17 heteroatoms. The van der Waals surface area contributed by atoms with E-state index in [0.717, 1.165) is 97.2 Å². The lowest BCUT2D eigenvalue weighted by Crippen LogP contribution is -2.73. The van der Waals surface area contributed by atoms with E-state index >= 15 is 0 Å². The Morgan fingerprint density at radius 1 is 0.860 bits per heavy atom. The van der Waals surface area contributed by atoms with Crippen molar-refractivity contribution in [2.24, 2.45) is 41.2 Å². The molecule has 57 heavy (non-hydrogen) atoms. The van der Waals surface area contributed by atoms with E-state index < -0.39 is 23.8 Å². The fourth-order valence-corrected chi connectivity index (χ4v) is 12.5. The lowest BCUT2D eigenvalue weighted by Gasteiger charge is -2.45. The predicted molar refractivity (Wildman–Crippen MR) is 214 cm³/mol. The van der Waals surface area contributed by atoms with Gasteiger partial charge in [-0.2, -0.15) is 0 Å². The van der Waals surface area contributed by atoms with Crippen LogP contribution in [0.1, 0.15) is 84.0 Å². The number of rotatable bonds is 10. The van der Waals surface area contributed by atoms with Crippen molar-refractivity contribution in [2.75, 3.05) is 52.4 Å². The van der Waals surface area contributed by atoms with Crippen molar-refractivity contribution in [1.82, 2.24) is 46.0 Å². The summed E-state index contributed by atoms with van der Waals surface area (Å²) in [5, 5.41) is 16.6. The molecule has 0 spiro atoms. The van der Waals surface area contributed by atoms with Gasteiger partial charge in [0, 0.05) is 61.9 Å². The molecule has 6 heterocycles. The Bertz CT molecular complexity index is 1540. The first-order valence-corrected chi connectivity index (χ1v) is 22.8. The maximum Gasteiger partial charge on any atom is 0.237 e. The first-order chi connectivity index (χ1) is 27.5. The summed E-state index contributed by atoms with van der Waals surface area (Å²) in [5.41, 5.74) is 5.76. The number of hydrogen-bond donors (Lipinski definition) is 7. The van der Waals surface area contributed by atoms with Gasteiger partial charge in [0.2, 0.25) is 23.6 Å². The topological polar surface area (TPSA) is 210 Å². The molecular weight excluding hydrogens is 749 g/mol. The highest BCUT2D eigenvalue weighted by molar-refractivity contribution is 7.98. The van der Waals surface area contributed by atoms with Crippen LogP contribution in [0.2, 0.25) is 0 Å². The maximum atomic E-state index is 13.5. The number of ketones is 2. The molecule has 8 aliphatic rings. The van der Waals surface area contributed by atoms with Crippen LogP contribution in [0, 0.1) is 35.5 Å². The SMILES string of the molecule is CC1CC(NC2NC(N3CCC[C@@H](NC(=O)C4CCN(CC5CCN(C6CCC7C(=O)C([C@H]8CCC(=O)NC8=O)C(=O)C7C6)CC5)CC4)C3)CNC2C(N)=O)SN1. The Morgan fingerprint density at radius 2 is 1.63 bits per heavy atom. The summed E-state index contributed by atoms with van der Waals surface area (Å²) in [6.45, 7) is 9.38. The van der Waals surface area contributed by atoms with E-state index in [9.17, 15) is 28.8 Å². The van der Waals surface area contributed by atoms with Crippen molar-refractivity contribution in [3.05, 3.63) is 0 Å². The standard InChI is InChI=1S/C40H64N10O6S/c1-22-17-32(57-47-22)46-38-34(37(41)54)42-19-30(44-38)50-12-2-3-25(21-50)43-39(55)24-10-13-48(14-11-24)20-23-8-15-49(16-9-23)26-4-5-27-29(18-26)36(53)33(35(27)52)28-6-7-31(51)45-40(28)56/h22-30,32-34,38,42,44,46-47H,2-21H2,1H3,(H2,41,54)(H,43,55)(H,45,51,56)/t22?,25-,26?,27?,28-,29?,30?,32?,33?,34?,38?/m1/s1. The molecule has 2 saturated carbocycles. The van der Waals surface area contributed by atoms with Gasteiger partial charge in [-0.25, -0.2) is 0 Å². The fourth-order valence-electron chi connectivity index (χ4n) is 11.4. The minimum atomic E-state index is -0.883. The van der Waals surface area contributed by atoms with Gasteiger partial charge >= 0.3 is 0 Å². The Morgan fingerprint density at radius 3 is 2.35 bits per heavy atom. The van der Waals surface area contributed by atoms with E-state index in [0.29, 0.717) is 31.3 Å². The summed E-state index contributed by atoms with van der Waals surface area (Å²) in [7, 11) is 0. The number of nitrogens with two attached hydrogens (primary N) is 1. The van der Waals surface area contributed by atoms with Crippen LogP contribution in [-0.2, 0) is 28.8 Å². The van der Waals surface area contributed by atoms with Crippen LogP contribution in [0.15, 0.2) is 0 Å². The van der Waals surface area contributed by atoms with Gasteiger partial charge in [-0.05, 0) is 116 Å². The number of carbonyl (C=O) groups is 6. The third-order valence-corrected chi connectivity index (χ3v) is 15.8. The van der Waals surface area contributed by atoms with Crippen LogP contribution in [0.4, 0.5) is 0 Å². The van der Waals surface area contributed by atoms with E-state index in [1.54, 1.807) is 11.9 Å². The van der Waals surface area contributed by atoms with Crippen LogP contribution in [-0.4, -0.2) is 144 Å². The van der Waals surface area contributed by atoms with Gasteiger partial charge in [0.05, 0.1) is 29.5 Å². The first kappa shape index (κ1) is 41.2. The highest BCUT2D eigenvalue weighted by Crippen LogP contribution is 2.45. The number of amides is 4. The van der Waals surface area contributed by atoms with Crippen molar-refractivity contribution in [3.8, 4) is 0 Å². The predicted octanol–water partition coefficient (Wildman–Crippen LogP) is -0.759. The Kier molecular flexibility index (Phi) is 13.0. The lowest BCUT2D eigenvalue weighted by molar-refractivity contribution is -0.144. The van der Waals surface area contributed by atoms with Gasteiger partial charge in [0.15, 0.2) is 0 Å². The van der Waals surface area contributed by atoms with Gasteiger partial charge in [0.1, 0.15) is 17.6 Å². The molecule has 0 radical (unpaired) electrons. The number of carbonyl (C=O) groups excluding carboxylic acids is 6. The highest BCUT2D eigenvalue weighted by atomic mass is 32.2. The fraction of sp³-hybridized carbons (Fsp3) is 0.850. The number of hydrogen-bond acceptors (Lipinski definition) is 14. The molecule has 6 saturated heterocycles. The summed E-state index contributed by atoms with van der Waals surface area (Å²) in [4.78, 5) is 84.4. The molecule has 0 aromatic rings. The van der Waals surface area contributed by atoms with Crippen molar-refractivity contribution >= 4 is 47.1 Å². The molecule has 4 amide bonds.